The average Bonchev–Trinajstić information content (AvgIpc) is 2.64. The molecule has 1 N–H and O–H groups in total. The number of nitrogens with zero attached hydrogens (tertiary/aromatic N) is 2. The molecule has 0 saturated carbocycles. The van der Waals surface area contributed by atoms with E-state index in [9.17, 15) is 4.79 Å². The summed E-state index contributed by atoms with van der Waals surface area (Å²) in [6, 6.07) is 5.62. The highest BCUT2D eigenvalue weighted by Crippen LogP contribution is 2.11. The zero-order valence-corrected chi connectivity index (χ0v) is 10.8. The van der Waals surface area contributed by atoms with Crippen LogP contribution in [-0.4, -0.2) is 35.1 Å². The van der Waals surface area contributed by atoms with Gasteiger partial charge < -0.3 is 10.1 Å². The second-order valence-electron chi connectivity index (χ2n) is 4.30. The molecule has 18 heavy (non-hydrogen) atoms. The molecule has 0 aromatic carbocycles. The SMILES string of the molecule is COCC(C)NC(=O)c1c(C)nc2ccccn12. The topological polar surface area (TPSA) is 55.6 Å². The molecule has 2 rings (SSSR count). The third kappa shape index (κ3) is 2.36. The Bertz CT molecular complexity index is 562. The van der Waals surface area contributed by atoms with Crippen LogP contribution in [0.2, 0.25) is 0 Å². The number of rotatable bonds is 4. The van der Waals surface area contributed by atoms with E-state index < -0.39 is 0 Å². The number of hydrogen-bond acceptors (Lipinski definition) is 3. The van der Waals surface area contributed by atoms with E-state index in [1.807, 2.05) is 38.2 Å². The average molecular weight is 247 g/mol. The Balaban J connectivity index is 2.30. The van der Waals surface area contributed by atoms with Crippen molar-refractivity contribution in [1.29, 1.82) is 0 Å². The third-order valence-corrected chi connectivity index (χ3v) is 2.71. The van der Waals surface area contributed by atoms with Crippen molar-refractivity contribution in [3.05, 3.63) is 35.8 Å². The van der Waals surface area contributed by atoms with Crippen LogP contribution in [0.1, 0.15) is 23.1 Å². The van der Waals surface area contributed by atoms with Crippen molar-refractivity contribution in [1.82, 2.24) is 14.7 Å². The van der Waals surface area contributed by atoms with Gasteiger partial charge in [-0.05, 0) is 26.0 Å². The highest BCUT2D eigenvalue weighted by molar-refractivity contribution is 5.94. The molecule has 0 radical (unpaired) electrons. The van der Waals surface area contributed by atoms with Gasteiger partial charge in [-0.1, -0.05) is 6.07 Å². The predicted molar refractivity (Wildman–Crippen MR) is 68.7 cm³/mol. The Morgan fingerprint density at radius 1 is 1.56 bits per heavy atom. The largest absolute Gasteiger partial charge is 0.383 e. The van der Waals surface area contributed by atoms with Gasteiger partial charge in [0.15, 0.2) is 0 Å². The molecule has 96 valence electrons. The van der Waals surface area contributed by atoms with E-state index in [0.29, 0.717) is 12.3 Å². The number of imidazole rings is 1. The number of amides is 1. The van der Waals surface area contributed by atoms with Crippen LogP contribution in [0.15, 0.2) is 24.4 Å². The summed E-state index contributed by atoms with van der Waals surface area (Å²) in [6.45, 7) is 4.23. The summed E-state index contributed by atoms with van der Waals surface area (Å²) in [5.74, 6) is -0.129. The van der Waals surface area contributed by atoms with Crippen LogP contribution >= 0.6 is 0 Å². The summed E-state index contributed by atoms with van der Waals surface area (Å²) in [5.41, 5.74) is 2.08. The number of carbonyl (C=O) groups is 1. The lowest BCUT2D eigenvalue weighted by atomic mass is 10.3. The number of carbonyl (C=O) groups excluding carboxylic acids is 1. The molecular formula is C13H17N3O2. The zero-order valence-electron chi connectivity index (χ0n) is 10.8. The van der Waals surface area contributed by atoms with Gasteiger partial charge in [-0.2, -0.15) is 0 Å². The Kier molecular flexibility index (Phi) is 3.62. The van der Waals surface area contributed by atoms with Gasteiger partial charge in [0.25, 0.3) is 5.91 Å². The van der Waals surface area contributed by atoms with Gasteiger partial charge in [0.05, 0.1) is 12.3 Å². The van der Waals surface area contributed by atoms with Gasteiger partial charge in [0.2, 0.25) is 0 Å². The zero-order chi connectivity index (χ0) is 13.1. The number of pyridine rings is 1. The van der Waals surface area contributed by atoms with E-state index in [1.54, 1.807) is 11.5 Å². The van der Waals surface area contributed by atoms with Crippen LogP contribution in [-0.2, 0) is 4.74 Å². The fourth-order valence-corrected chi connectivity index (χ4v) is 1.97. The summed E-state index contributed by atoms with van der Waals surface area (Å²) in [6.07, 6.45) is 1.84. The molecule has 1 atom stereocenters. The van der Waals surface area contributed by atoms with Crippen molar-refractivity contribution < 1.29 is 9.53 Å². The number of methoxy groups -OCH3 is 1. The number of fused-ring (bicyclic) bond motifs is 1. The number of ether oxygens (including phenoxy) is 1. The summed E-state index contributed by atoms with van der Waals surface area (Å²) < 4.78 is 6.80. The molecule has 2 heterocycles. The molecule has 5 heteroatoms. The predicted octanol–water partition coefficient (Wildman–Crippen LogP) is 1.41. The molecule has 5 nitrogen and oxygen atoms in total. The lowest BCUT2D eigenvalue weighted by Gasteiger charge is -2.12. The van der Waals surface area contributed by atoms with Crippen molar-refractivity contribution in [2.24, 2.45) is 0 Å². The minimum absolute atomic E-state index is 0.0313. The number of aromatic nitrogens is 2. The van der Waals surface area contributed by atoms with Crippen LogP contribution in [0.4, 0.5) is 0 Å². The lowest BCUT2D eigenvalue weighted by molar-refractivity contribution is 0.0899. The van der Waals surface area contributed by atoms with E-state index in [-0.39, 0.29) is 11.9 Å². The molecule has 0 bridgehead atoms. The van der Waals surface area contributed by atoms with Crippen molar-refractivity contribution in [3.8, 4) is 0 Å². The van der Waals surface area contributed by atoms with E-state index in [4.69, 9.17) is 4.74 Å². The maximum Gasteiger partial charge on any atom is 0.270 e. The quantitative estimate of drug-likeness (QED) is 0.888. The standard InChI is InChI=1S/C13H17N3O2/c1-9(8-18-3)14-13(17)12-10(2)15-11-6-4-5-7-16(11)12/h4-7,9H,8H2,1-3H3,(H,14,17). The molecule has 0 aliphatic rings. The first kappa shape index (κ1) is 12.6. The Morgan fingerprint density at radius 3 is 3.06 bits per heavy atom. The minimum atomic E-state index is -0.129. The van der Waals surface area contributed by atoms with E-state index in [2.05, 4.69) is 10.3 Å². The second kappa shape index (κ2) is 5.18. The molecule has 0 saturated heterocycles. The third-order valence-electron chi connectivity index (χ3n) is 2.71. The van der Waals surface area contributed by atoms with Crippen LogP contribution in [0.25, 0.3) is 5.65 Å². The van der Waals surface area contributed by atoms with Gasteiger partial charge in [-0.15, -0.1) is 0 Å². The fourth-order valence-electron chi connectivity index (χ4n) is 1.97. The summed E-state index contributed by atoms with van der Waals surface area (Å²) >= 11 is 0. The fraction of sp³-hybridized carbons (Fsp3) is 0.385. The highest BCUT2D eigenvalue weighted by atomic mass is 16.5. The van der Waals surface area contributed by atoms with Crippen molar-refractivity contribution >= 4 is 11.6 Å². The Labute approximate surface area is 106 Å². The monoisotopic (exact) mass is 247 g/mol. The number of nitrogens with one attached hydrogen (secondary N) is 1. The van der Waals surface area contributed by atoms with Crippen molar-refractivity contribution in [2.45, 2.75) is 19.9 Å². The molecule has 0 aliphatic carbocycles. The number of hydrogen-bond donors (Lipinski definition) is 1. The summed E-state index contributed by atoms with van der Waals surface area (Å²) in [4.78, 5) is 16.6. The Hall–Kier alpha value is -1.88. The van der Waals surface area contributed by atoms with Crippen LogP contribution in [0.3, 0.4) is 0 Å². The molecule has 2 aromatic heterocycles. The van der Waals surface area contributed by atoms with Gasteiger partial charge in [0.1, 0.15) is 11.3 Å². The normalized spacial score (nSPS) is 12.6. The summed E-state index contributed by atoms with van der Waals surface area (Å²) in [5, 5.41) is 2.89. The molecule has 1 amide bonds. The molecule has 0 fully saturated rings. The van der Waals surface area contributed by atoms with Crippen molar-refractivity contribution in [3.63, 3.8) is 0 Å². The first-order chi connectivity index (χ1) is 8.63. The molecule has 0 spiro atoms. The maximum atomic E-state index is 12.2. The summed E-state index contributed by atoms with van der Waals surface area (Å²) in [7, 11) is 1.61. The smallest absolute Gasteiger partial charge is 0.270 e. The maximum absolute atomic E-state index is 12.2. The molecule has 1 unspecified atom stereocenters. The molecular weight excluding hydrogens is 230 g/mol. The van der Waals surface area contributed by atoms with E-state index >= 15 is 0 Å². The Morgan fingerprint density at radius 2 is 2.33 bits per heavy atom. The lowest BCUT2D eigenvalue weighted by Crippen LogP contribution is -2.36. The molecule has 0 aliphatic heterocycles. The van der Waals surface area contributed by atoms with E-state index in [0.717, 1.165) is 11.3 Å². The van der Waals surface area contributed by atoms with Gasteiger partial charge in [-0.25, -0.2) is 4.98 Å². The first-order valence-corrected chi connectivity index (χ1v) is 5.87. The first-order valence-electron chi connectivity index (χ1n) is 5.87. The van der Waals surface area contributed by atoms with Crippen LogP contribution < -0.4 is 5.32 Å². The number of aryl methyl sites for hydroxylation is 1. The van der Waals surface area contributed by atoms with Gasteiger partial charge in [0, 0.05) is 19.3 Å². The van der Waals surface area contributed by atoms with Crippen LogP contribution in [0, 0.1) is 6.92 Å². The van der Waals surface area contributed by atoms with Crippen LogP contribution in [0.5, 0.6) is 0 Å². The highest BCUT2D eigenvalue weighted by Gasteiger charge is 2.17. The second-order valence-corrected chi connectivity index (χ2v) is 4.30. The van der Waals surface area contributed by atoms with Crippen molar-refractivity contribution in [2.75, 3.05) is 13.7 Å². The van der Waals surface area contributed by atoms with E-state index in [1.165, 1.54) is 0 Å². The van der Waals surface area contributed by atoms with Gasteiger partial charge >= 0.3 is 0 Å². The molecule has 2 aromatic rings. The van der Waals surface area contributed by atoms with Gasteiger partial charge in [-0.3, -0.25) is 9.20 Å². The minimum Gasteiger partial charge on any atom is -0.383 e.